The number of sulfonamides is 1. The molecule has 134 valence electrons. The van der Waals surface area contributed by atoms with Crippen LogP contribution in [0, 0.1) is 6.92 Å². The number of hydrogen-bond acceptors (Lipinski definition) is 7. The third kappa shape index (κ3) is 3.08. The van der Waals surface area contributed by atoms with E-state index in [-0.39, 0.29) is 34.7 Å². The highest BCUT2D eigenvalue weighted by molar-refractivity contribution is 7.89. The molecule has 1 aliphatic rings. The van der Waals surface area contributed by atoms with E-state index in [0.717, 1.165) is 30.0 Å². The van der Waals surface area contributed by atoms with Crippen molar-refractivity contribution in [3.63, 3.8) is 0 Å². The number of furan rings is 1. The molecule has 0 aliphatic heterocycles. The van der Waals surface area contributed by atoms with E-state index in [4.69, 9.17) is 14.7 Å². The standard InChI is InChI=1S/C14H20N4O4S.ClH/c1-9-11(23(19,20)18(2)3)8-10(21-9)12-16-13(17-22-12)14(15)6-4-5-7-14;/h8H,4-7,15H2,1-3H3;1H. The minimum absolute atomic E-state index is 0. The zero-order valence-electron chi connectivity index (χ0n) is 13.8. The molecule has 0 saturated heterocycles. The Morgan fingerprint density at radius 2 is 1.92 bits per heavy atom. The summed E-state index contributed by atoms with van der Waals surface area (Å²) in [6, 6.07) is 1.40. The lowest BCUT2D eigenvalue weighted by molar-refractivity contribution is 0.367. The smallest absolute Gasteiger partial charge is 0.293 e. The highest BCUT2D eigenvalue weighted by atomic mass is 35.5. The van der Waals surface area contributed by atoms with Gasteiger partial charge in [0.05, 0.1) is 5.54 Å². The van der Waals surface area contributed by atoms with Crippen LogP contribution >= 0.6 is 12.4 Å². The van der Waals surface area contributed by atoms with Gasteiger partial charge in [-0.1, -0.05) is 18.0 Å². The molecule has 8 nitrogen and oxygen atoms in total. The van der Waals surface area contributed by atoms with Gasteiger partial charge in [-0.2, -0.15) is 4.98 Å². The first kappa shape index (κ1) is 18.9. The predicted molar refractivity (Wildman–Crippen MR) is 89.2 cm³/mol. The maximum Gasteiger partial charge on any atom is 0.293 e. The minimum Gasteiger partial charge on any atom is -0.455 e. The lowest BCUT2D eigenvalue weighted by Gasteiger charge is -2.17. The first-order valence-electron chi connectivity index (χ1n) is 7.40. The van der Waals surface area contributed by atoms with E-state index in [9.17, 15) is 8.42 Å². The molecule has 2 aromatic heterocycles. The monoisotopic (exact) mass is 376 g/mol. The summed E-state index contributed by atoms with van der Waals surface area (Å²) >= 11 is 0. The number of halogens is 1. The second-order valence-electron chi connectivity index (χ2n) is 6.10. The third-order valence-corrected chi connectivity index (χ3v) is 6.13. The van der Waals surface area contributed by atoms with Crippen molar-refractivity contribution in [2.75, 3.05) is 14.1 Å². The molecule has 1 aliphatic carbocycles. The van der Waals surface area contributed by atoms with Crippen molar-refractivity contribution in [3.05, 3.63) is 17.7 Å². The zero-order valence-corrected chi connectivity index (χ0v) is 15.4. The van der Waals surface area contributed by atoms with Gasteiger partial charge in [0, 0.05) is 20.2 Å². The van der Waals surface area contributed by atoms with Crippen molar-refractivity contribution in [2.45, 2.75) is 43.0 Å². The summed E-state index contributed by atoms with van der Waals surface area (Å²) in [5, 5.41) is 3.95. The number of nitrogens with two attached hydrogens (primary N) is 1. The average Bonchev–Trinajstić information content (AvgIpc) is 3.17. The van der Waals surface area contributed by atoms with Crippen molar-refractivity contribution < 1.29 is 17.4 Å². The van der Waals surface area contributed by atoms with Crippen LogP contribution in [-0.2, 0) is 15.6 Å². The Morgan fingerprint density at radius 1 is 1.29 bits per heavy atom. The molecule has 10 heteroatoms. The molecular formula is C14H21ClN4O4S. The van der Waals surface area contributed by atoms with Gasteiger partial charge < -0.3 is 14.7 Å². The van der Waals surface area contributed by atoms with Crippen molar-refractivity contribution in [1.29, 1.82) is 0 Å². The Balaban J connectivity index is 0.00000208. The molecule has 0 bridgehead atoms. The maximum absolute atomic E-state index is 12.2. The molecule has 2 aromatic rings. The summed E-state index contributed by atoms with van der Waals surface area (Å²) in [5.74, 6) is 1.08. The highest BCUT2D eigenvalue weighted by Gasteiger charge is 2.36. The molecule has 24 heavy (non-hydrogen) atoms. The van der Waals surface area contributed by atoms with Crippen LogP contribution in [0.3, 0.4) is 0 Å². The van der Waals surface area contributed by atoms with Gasteiger partial charge in [-0.25, -0.2) is 12.7 Å². The fraction of sp³-hybridized carbons (Fsp3) is 0.571. The van der Waals surface area contributed by atoms with E-state index in [1.807, 2.05) is 0 Å². The Labute approximate surface area is 146 Å². The van der Waals surface area contributed by atoms with E-state index in [0.29, 0.717) is 5.82 Å². The van der Waals surface area contributed by atoms with Crippen LogP contribution in [0.15, 0.2) is 19.9 Å². The van der Waals surface area contributed by atoms with Gasteiger partial charge in [-0.05, 0) is 19.8 Å². The zero-order chi connectivity index (χ0) is 16.8. The Hall–Kier alpha value is -1.42. The van der Waals surface area contributed by atoms with Gasteiger partial charge in [0.2, 0.25) is 10.0 Å². The van der Waals surface area contributed by atoms with E-state index in [1.165, 1.54) is 20.2 Å². The van der Waals surface area contributed by atoms with E-state index < -0.39 is 15.6 Å². The summed E-state index contributed by atoms with van der Waals surface area (Å²) in [7, 11) is -0.665. The largest absolute Gasteiger partial charge is 0.455 e. The topological polar surface area (TPSA) is 115 Å². The number of aryl methyl sites for hydroxylation is 1. The third-order valence-electron chi connectivity index (χ3n) is 4.21. The molecule has 0 spiro atoms. The van der Waals surface area contributed by atoms with Crippen molar-refractivity contribution in [1.82, 2.24) is 14.4 Å². The molecule has 0 amide bonds. The first-order valence-corrected chi connectivity index (χ1v) is 8.84. The predicted octanol–water partition coefficient (Wildman–Crippen LogP) is 2.04. The Kier molecular flexibility index (Phi) is 5.10. The van der Waals surface area contributed by atoms with Crippen LogP contribution < -0.4 is 5.73 Å². The molecule has 1 fully saturated rings. The molecular weight excluding hydrogens is 356 g/mol. The number of rotatable bonds is 4. The number of aromatic nitrogens is 2. The van der Waals surface area contributed by atoms with Crippen molar-refractivity contribution in [3.8, 4) is 11.7 Å². The summed E-state index contributed by atoms with van der Waals surface area (Å²) in [6.45, 7) is 1.58. The number of nitrogens with zero attached hydrogens (tertiary/aromatic N) is 3. The molecule has 0 radical (unpaired) electrons. The summed E-state index contributed by atoms with van der Waals surface area (Å²) < 4.78 is 36.3. The molecule has 1 saturated carbocycles. The van der Waals surface area contributed by atoms with E-state index >= 15 is 0 Å². The SMILES string of the molecule is Cc1oc(-c2nc(C3(N)CCCC3)no2)cc1S(=O)(=O)N(C)C.Cl. The lowest BCUT2D eigenvalue weighted by Crippen LogP contribution is -2.34. The quantitative estimate of drug-likeness (QED) is 0.867. The Morgan fingerprint density at radius 3 is 2.50 bits per heavy atom. The molecule has 3 rings (SSSR count). The summed E-state index contributed by atoms with van der Waals surface area (Å²) in [5.41, 5.74) is 5.73. The van der Waals surface area contributed by atoms with Crippen LogP contribution in [0.25, 0.3) is 11.7 Å². The first-order chi connectivity index (χ1) is 10.7. The van der Waals surface area contributed by atoms with Gasteiger partial charge in [0.25, 0.3) is 5.89 Å². The summed E-state index contributed by atoms with van der Waals surface area (Å²) in [4.78, 5) is 4.39. The molecule has 0 aromatic carbocycles. The fourth-order valence-electron chi connectivity index (χ4n) is 2.78. The minimum atomic E-state index is -3.59. The highest BCUT2D eigenvalue weighted by Crippen LogP contribution is 2.36. The second kappa shape index (κ2) is 6.47. The second-order valence-corrected chi connectivity index (χ2v) is 8.23. The fourth-order valence-corrected chi connectivity index (χ4v) is 3.83. The number of hydrogen-bond donors (Lipinski definition) is 1. The average molecular weight is 377 g/mol. The molecule has 2 N–H and O–H groups in total. The maximum atomic E-state index is 12.2. The Bertz CT molecular complexity index is 822. The normalized spacial score (nSPS) is 17.2. The molecule has 0 unspecified atom stereocenters. The molecule has 2 heterocycles. The molecule has 0 atom stereocenters. The van der Waals surface area contributed by atoms with Crippen molar-refractivity contribution in [2.24, 2.45) is 5.73 Å². The van der Waals surface area contributed by atoms with Gasteiger partial charge >= 0.3 is 0 Å². The summed E-state index contributed by atoms with van der Waals surface area (Å²) in [6.07, 6.45) is 3.68. The van der Waals surface area contributed by atoms with Crippen LogP contribution in [-0.4, -0.2) is 37.0 Å². The van der Waals surface area contributed by atoms with Crippen LogP contribution in [0.5, 0.6) is 0 Å². The van der Waals surface area contributed by atoms with Gasteiger partial charge in [-0.15, -0.1) is 12.4 Å². The van der Waals surface area contributed by atoms with Gasteiger partial charge in [0.1, 0.15) is 10.7 Å². The lowest BCUT2D eigenvalue weighted by atomic mass is 9.99. The van der Waals surface area contributed by atoms with E-state index in [1.54, 1.807) is 6.92 Å². The van der Waals surface area contributed by atoms with Gasteiger partial charge in [-0.3, -0.25) is 0 Å². The van der Waals surface area contributed by atoms with Gasteiger partial charge in [0.15, 0.2) is 11.6 Å². The van der Waals surface area contributed by atoms with Crippen LogP contribution in [0.2, 0.25) is 0 Å². The van der Waals surface area contributed by atoms with Crippen molar-refractivity contribution >= 4 is 22.4 Å². The van der Waals surface area contributed by atoms with Crippen LogP contribution in [0.1, 0.15) is 37.3 Å². The van der Waals surface area contributed by atoms with E-state index in [2.05, 4.69) is 10.1 Å². The van der Waals surface area contributed by atoms with Crippen LogP contribution in [0.4, 0.5) is 0 Å².